The maximum atomic E-state index is 12.1. The van der Waals surface area contributed by atoms with E-state index >= 15 is 0 Å². The van der Waals surface area contributed by atoms with E-state index in [1.54, 1.807) is 13.8 Å². The van der Waals surface area contributed by atoms with Gasteiger partial charge in [0.2, 0.25) is 0 Å². The van der Waals surface area contributed by atoms with Crippen LogP contribution >= 0.6 is 25.3 Å². The summed E-state index contributed by atoms with van der Waals surface area (Å²) >= 11 is 3.66. The number of para-hydroxylation sites is 1. The van der Waals surface area contributed by atoms with Gasteiger partial charge in [-0.05, 0) is 0 Å². The molecule has 15 heteroatoms. The number of carbonyl (C=O) groups is 2. The molecule has 4 N–H and O–H groups in total. The normalized spacial score (nSPS) is 13.6. The second kappa shape index (κ2) is 10.0. The van der Waals surface area contributed by atoms with Gasteiger partial charge in [-0.2, -0.15) is 0 Å². The van der Waals surface area contributed by atoms with Crippen LogP contribution in [0.5, 0.6) is 0 Å². The predicted octanol–water partition coefficient (Wildman–Crippen LogP) is 0.871. The Morgan fingerprint density at radius 2 is 1.55 bits per heavy atom. The van der Waals surface area contributed by atoms with Crippen molar-refractivity contribution in [1.29, 1.82) is 0 Å². The molecule has 0 spiro atoms. The van der Waals surface area contributed by atoms with Crippen LogP contribution in [0.1, 0.15) is 26.7 Å². The predicted molar refractivity (Wildman–Crippen MR) is 118 cm³/mol. The minimum absolute atomic E-state index is 0.0302. The van der Waals surface area contributed by atoms with Crippen molar-refractivity contribution in [2.45, 2.75) is 35.3 Å². The molecule has 10 nitrogen and oxygen atoms in total. The van der Waals surface area contributed by atoms with E-state index in [2.05, 4.69) is 35.9 Å². The van der Waals surface area contributed by atoms with Gasteiger partial charge in [-0.3, -0.25) is 0 Å². The molecule has 0 heterocycles. The van der Waals surface area contributed by atoms with Crippen LogP contribution in [-0.4, -0.2) is 54.7 Å². The molecule has 1 atom stereocenters. The molecular formula is C14H21AsN2O8S4. The topological polar surface area (TPSA) is 167 Å². The Hall–Kier alpha value is -0.762. The van der Waals surface area contributed by atoms with Gasteiger partial charge in [0.05, 0.1) is 0 Å². The summed E-state index contributed by atoms with van der Waals surface area (Å²) < 4.78 is 63.8. The van der Waals surface area contributed by atoms with Crippen LogP contribution in [0.4, 0.5) is 11.4 Å². The molecular weight excluding hydrogens is 527 g/mol. The Balaban J connectivity index is 3.69. The Kier molecular flexibility index (Phi) is 9.09. The van der Waals surface area contributed by atoms with E-state index in [-0.39, 0.29) is 28.6 Å². The van der Waals surface area contributed by atoms with Crippen molar-refractivity contribution in [2.24, 2.45) is 0 Å². The van der Waals surface area contributed by atoms with Gasteiger partial charge in [-0.15, -0.1) is 0 Å². The van der Waals surface area contributed by atoms with Crippen molar-refractivity contribution in [3.8, 4) is 0 Å². The van der Waals surface area contributed by atoms with Crippen molar-refractivity contribution >= 4 is 84.8 Å². The molecule has 0 aliphatic carbocycles. The molecule has 1 aromatic rings. The number of benzene rings is 1. The summed E-state index contributed by atoms with van der Waals surface area (Å²) in [6.07, 6.45) is 0.132. The Labute approximate surface area is 183 Å². The summed E-state index contributed by atoms with van der Waals surface area (Å²) in [4.78, 5) is 23.8. The summed E-state index contributed by atoms with van der Waals surface area (Å²) in [6, 6.07) is 4.07. The number of rotatable bonds is 9. The fourth-order valence-corrected chi connectivity index (χ4v) is 14.1. The Morgan fingerprint density at radius 1 is 1.03 bits per heavy atom. The van der Waals surface area contributed by atoms with Gasteiger partial charge >= 0.3 is 184 Å². The average molecular weight is 549 g/mol. The van der Waals surface area contributed by atoms with Gasteiger partial charge in [0, 0.05) is 0 Å². The average Bonchev–Trinajstić information content (AvgIpc) is 2.59. The number of nitrogens with one attached hydrogen (secondary N) is 2. The summed E-state index contributed by atoms with van der Waals surface area (Å²) in [5.41, 5.74) is 0.00142. The van der Waals surface area contributed by atoms with E-state index in [1.807, 2.05) is 0 Å². The molecule has 0 saturated carbocycles. The van der Waals surface area contributed by atoms with Crippen LogP contribution in [0.2, 0.25) is 5.21 Å². The molecule has 1 aromatic carbocycles. The van der Waals surface area contributed by atoms with E-state index in [9.17, 15) is 35.5 Å². The molecule has 0 aromatic heterocycles. The number of anilines is 2. The van der Waals surface area contributed by atoms with Gasteiger partial charge in [0.15, 0.2) is 0 Å². The first kappa shape index (κ1) is 26.3. The zero-order valence-corrected chi connectivity index (χ0v) is 20.7. The third kappa shape index (κ3) is 7.16. The molecule has 2 amide bonds. The summed E-state index contributed by atoms with van der Waals surface area (Å²) in [6.45, 7) is 3.13. The van der Waals surface area contributed by atoms with Gasteiger partial charge in [-0.1, -0.05) is 0 Å². The molecule has 0 fully saturated rings. The summed E-state index contributed by atoms with van der Waals surface area (Å²) in [5.74, 6) is -0.928. The van der Waals surface area contributed by atoms with Crippen molar-refractivity contribution in [2.75, 3.05) is 10.6 Å². The monoisotopic (exact) mass is 548 g/mol. The van der Waals surface area contributed by atoms with Crippen molar-refractivity contribution in [1.82, 2.24) is 0 Å². The van der Waals surface area contributed by atoms with E-state index in [1.165, 1.54) is 18.2 Å². The third-order valence-corrected chi connectivity index (χ3v) is 17.0. The van der Waals surface area contributed by atoms with Gasteiger partial charge < -0.3 is 0 Å². The molecule has 0 aliphatic rings. The molecule has 0 saturated heterocycles. The first-order valence-electron chi connectivity index (χ1n) is 8.03. The second-order valence-corrected chi connectivity index (χ2v) is 19.2. The molecule has 0 aliphatic heterocycles. The van der Waals surface area contributed by atoms with Crippen LogP contribution < -0.4 is 15.0 Å². The Morgan fingerprint density at radius 3 is 2.00 bits per heavy atom. The molecule has 1 unspecified atom stereocenters. The number of carbonyl (C=O) groups excluding carboxylic acids is 2. The zero-order valence-electron chi connectivity index (χ0n) is 15.4. The van der Waals surface area contributed by atoms with E-state index in [4.69, 9.17) is 0 Å². The fourth-order valence-electron chi connectivity index (χ4n) is 2.01. The van der Waals surface area contributed by atoms with Crippen molar-refractivity contribution < 1.29 is 35.5 Å². The van der Waals surface area contributed by atoms with Crippen LogP contribution in [0.15, 0.2) is 18.2 Å². The first-order chi connectivity index (χ1) is 13.1. The number of amides is 2. The van der Waals surface area contributed by atoms with Crippen LogP contribution in [-0.2, 0) is 28.1 Å². The van der Waals surface area contributed by atoms with Crippen molar-refractivity contribution in [3.05, 3.63) is 18.2 Å². The van der Waals surface area contributed by atoms with Gasteiger partial charge in [0.25, 0.3) is 0 Å². The van der Waals surface area contributed by atoms with Crippen LogP contribution in [0.3, 0.4) is 0 Å². The summed E-state index contributed by atoms with van der Waals surface area (Å²) in [7, 11) is -9.73. The van der Waals surface area contributed by atoms with E-state index in [0.717, 1.165) is 0 Å². The molecule has 29 heavy (non-hydrogen) atoms. The second-order valence-electron chi connectivity index (χ2n) is 5.71. The third-order valence-electron chi connectivity index (χ3n) is 3.53. The van der Waals surface area contributed by atoms with Crippen LogP contribution in [0, 0.1) is 0 Å². The number of hydrogen-bond acceptors (Lipinski definition) is 8. The minimum atomic E-state index is -4.91. The Bertz CT molecular complexity index is 995. The van der Waals surface area contributed by atoms with Crippen LogP contribution in [0.25, 0.3) is 0 Å². The molecule has 0 bridgehead atoms. The summed E-state index contributed by atoms with van der Waals surface area (Å²) in [5, 5.41) is 4.17. The maximum absolute atomic E-state index is 12.1. The molecule has 1 rings (SSSR count). The van der Waals surface area contributed by atoms with Gasteiger partial charge in [-0.25, -0.2) is 0 Å². The standard InChI is InChI=1S/C14H21AsN2O8S4/c1-3-11(18)16-10-7-5-6-9(13(10)17-12(19)4-2)15(29(23,24)25)8-14(26,27)28(20,21)22/h5-7,26-27H,3-4,8H2,1-2H3,(H,16,18)(H,17,19)(H,20,21,22)(H,23,24,25). The van der Waals surface area contributed by atoms with E-state index in [0.29, 0.717) is 0 Å². The number of thiol groups is 2. The fraction of sp³-hybridized carbons (Fsp3) is 0.429. The van der Waals surface area contributed by atoms with E-state index < -0.39 is 52.4 Å². The first-order valence-corrected chi connectivity index (χ1v) is 16.3. The number of hydrogen-bond donors (Lipinski definition) is 6. The molecule has 0 radical (unpaired) electrons. The SMILES string of the molecule is CCC(=O)Nc1cccc([As](CC(S)(S)S(=O)(=O)O)S(=O)(=O)O)c1NC(=O)CC. The van der Waals surface area contributed by atoms with Gasteiger partial charge in [0.1, 0.15) is 0 Å². The molecule has 164 valence electrons. The zero-order chi connectivity index (χ0) is 22.6. The quantitative estimate of drug-likeness (QED) is 0.114. The van der Waals surface area contributed by atoms with Crippen molar-refractivity contribution in [3.63, 3.8) is 0 Å².